The Morgan fingerprint density at radius 2 is 1.74 bits per heavy atom. The highest BCUT2D eigenvalue weighted by molar-refractivity contribution is 5.93. The molecule has 0 spiro atoms. The number of anilines is 1. The Bertz CT molecular complexity index is 1100. The maximum atomic E-state index is 11.9. The lowest BCUT2D eigenvalue weighted by atomic mass is 10.1. The van der Waals surface area contributed by atoms with Gasteiger partial charge >= 0.3 is 11.7 Å². The van der Waals surface area contributed by atoms with Crippen LogP contribution in [0.25, 0.3) is 0 Å². The zero-order valence-electron chi connectivity index (χ0n) is 20.5. The van der Waals surface area contributed by atoms with Crippen LogP contribution in [0.4, 0.5) is 10.6 Å². The van der Waals surface area contributed by atoms with Crippen LogP contribution in [0.5, 0.6) is 0 Å². The molecule has 0 saturated carbocycles. The first-order chi connectivity index (χ1) is 17.9. The van der Waals surface area contributed by atoms with Crippen molar-refractivity contribution in [3.8, 4) is 0 Å². The number of nitrogens with one attached hydrogen (secondary N) is 1. The van der Waals surface area contributed by atoms with Crippen molar-refractivity contribution in [2.24, 2.45) is 5.73 Å². The number of urea groups is 1. The number of carbonyl (C=O) groups is 2. The molecule has 3 aliphatic heterocycles. The molecule has 1 unspecified atom stereocenters. The summed E-state index contributed by atoms with van der Waals surface area (Å²) in [7, 11) is 1.39. The van der Waals surface area contributed by atoms with E-state index in [4.69, 9.17) is 35.9 Å². The molecule has 0 aliphatic carbocycles. The molecule has 17 heteroatoms. The molecule has 1 aromatic rings. The summed E-state index contributed by atoms with van der Waals surface area (Å²) in [5.41, 5.74) is 8.86. The largest absolute Gasteiger partial charge is 0.394 e. The van der Waals surface area contributed by atoms with Crippen molar-refractivity contribution in [1.82, 2.24) is 19.8 Å². The third-order valence-corrected chi connectivity index (χ3v) is 6.31. The van der Waals surface area contributed by atoms with Gasteiger partial charge in [-0.3, -0.25) is 20.0 Å². The van der Waals surface area contributed by atoms with Gasteiger partial charge in [-0.15, -0.1) is 0 Å². The maximum absolute atomic E-state index is 11.9. The predicted octanol–water partition coefficient (Wildman–Crippen LogP) is -4.70. The Morgan fingerprint density at radius 3 is 2.24 bits per heavy atom. The van der Waals surface area contributed by atoms with Crippen LogP contribution >= 0.6 is 0 Å². The number of Topliss-reactive ketones (excluding diaryl/α,β-unsaturated/α-hetero) is 1. The SMILES string of the molecule is CC(=O)C1(N)C=CN([C@@H]2O[C@H](CO)[C@@H](O)[C@H]2O)C(=O)N1.CO[C@@H]1[C@H](O)[C@@H](CO)O[C@H]1n1ccc(N)nc1=O. The van der Waals surface area contributed by atoms with E-state index < -0.39 is 78.9 Å². The maximum Gasteiger partial charge on any atom is 0.351 e. The molecule has 38 heavy (non-hydrogen) atoms. The summed E-state index contributed by atoms with van der Waals surface area (Å²) in [6.45, 7) is 0.365. The van der Waals surface area contributed by atoms with E-state index in [-0.39, 0.29) is 12.4 Å². The molecule has 2 amide bonds. The van der Waals surface area contributed by atoms with Crippen molar-refractivity contribution < 1.29 is 49.3 Å². The smallest absolute Gasteiger partial charge is 0.351 e. The highest BCUT2D eigenvalue weighted by Crippen LogP contribution is 2.30. The Hall–Kier alpha value is -3.00. The van der Waals surface area contributed by atoms with Crippen LogP contribution < -0.4 is 22.5 Å². The van der Waals surface area contributed by atoms with E-state index in [1.165, 1.54) is 43.1 Å². The van der Waals surface area contributed by atoms with Gasteiger partial charge in [0.1, 0.15) is 42.4 Å². The van der Waals surface area contributed by atoms with Gasteiger partial charge in [0.25, 0.3) is 0 Å². The van der Waals surface area contributed by atoms with Gasteiger partial charge in [-0.1, -0.05) is 0 Å². The van der Waals surface area contributed by atoms with Gasteiger partial charge in [-0.05, 0) is 19.1 Å². The molecule has 4 rings (SSSR count). The second-order valence-electron chi connectivity index (χ2n) is 8.79. The lowest BCUT2D eigenvalue weighted by Gasteiger charge is -2.36. The Labute approximate surface area is 215 Å². The molecule has 2 saturated heterocycles. The summed E-state index contributed by atoms with van der Waals surface area (Å²) >= 11 is 0. The third-order valence-electron chi connectivity index (χ3n) is 6.31. The zero-order valence-corrected chi connectivity index (χ0v) is 20.5. The fourth-order valence-corrected chi connectivity index (χ4v) is 4.03. The van der Waals surface area contributed by atoms with Gasteiger partial charge in [-0.25, -0.2) is 9.59 Å². The minimum Gasteiger partial charge on any atom is -0.394 e. The number of nitrogens with two attached hydrogens (primary N) is 2. The average molecular weight is 545 g/mol. The van der Waals surface area contributed by atoms with Crippen molar-refractivity contribution in [2.75, 3.05) is 26.1 Å². The number of methoxy groups -OCH3 is 1. The Kier molecular flexibility index (Phi) is 9.18. The topological polar surface area (TPSA) is 265 Å². The van der Waals surface area contributed by atoms with E-state index in [1.807, 2.05) is 0 Å². The van der Waals surface area contributed by atoms with E-state index in [0.717, 1.165) is 4.90 Å². The Morgan fingerprint density at radius 1 is 1.13 bits per heavy atom. The van der Waals surface area contributed by atoms with Crippen LogP contribution in [0.3, 0.4) is 0 Å². The highest BCUT2D eigenvalue weighted by atomic mass is 16.6. The van der Waals surface area contributed by atoms with Crippen molar-refractivity contribution in [3.63, 3.8) is 0 Å². The fourth-order valence-electron chi connectivity index (χ4n) is 4.03. The molecule has 2 fully saturated rings. The summed E-state index contributed by atoms with van der Waals surface area (Å²) in [5, 5.41) is 49.7. The molecular formula is C21H32N6O11. The molecule has 10 N–H and O–H groups in total. The van der Waals surface area contributed by atoms with E-state index in [2.05, 4.69) is 10.3 Å². The Balaban J connectivity index is 0.000000212. The van der Waals surface area contributed by atoms with Crippen molar-refractivity contribution in [2.45, 2.75) is 61.7 Å². The molecule has 212 valence electrons. The molecular weight excluding hydrogens is 512 g/mol. The van der Waals surface area contributed by atoms with Gasteiger partial charge in [0.05, 0.1) is 13.2 Å². The average Bonchev–Trinajstić information content (AvgIpc) is 3.34. The number of aliphatic hydroxyl groups is 5. The first-order valence-corrected chi connectivity index (χ1v) is 11.4. The molecule has 0 aromatic carbocycles. The fraction of sp³-hybridized carbons (Fsp3) is 0.619. The first kappa shape index (κ1) is 29.6. The number of carbonyl (C=O) groups excluding carboxylic acids is 2. The number of hydrogen-bond donors (Lipinski definition) is 8. The minimum absolute atomic E-state index is 0.0995. The van der Waals surface area contributed by atoms with E-state index in [1.54, 1.807) is 0 Å². The second kappa shape index (κ2) is 11.8. The number of aromatic nitrogens is 2. The highest BCUT2D eigenvalue weighted by Gasteiger charge is 2.48. The van der Waals surface area contributed by atoms with E-state index >= 15 is 0 Å². The standard InChI is InChI=1S/C11H17N3O6.C10H15N3O5/c1-5(16)11(12)2-3-14(10(19)13-11)9-8(18)7(17)6(4-15)20-9;1-17-8-7(15)5(4-14)18-9(8)13-3-2-6(11)12-10(13)16/h2-3,6-9,15,17-18H,4,12H2,1H3,(H,13,19);2-3,5,7-9,14-15H,4H2,1H3,(H2,11,12,16)/t6-,7-,8-,9-,11?;5-,7-,8-,9-/m11/s1. The summed E-state index contributed by atoms with van der Waals surface area (Å²) in [6.07, 6.45) is -4.41. The number of amides is 2. The number of hydrogen-bond acceptors (Lipinski definition) is 14. The number of ether oxygens (including phenoxy) is 3. The monoisotopic (exact) mass is 544 g/mol. The molecule has 0 bridgehead atoms. The van der Waals surface area contributed by atoms with Crippen molar-refractivity contribution in [3.05, 3.63) is 35.0 Å². The van der Waals surface area contributed by atoms with Gasteiger partial charge < -0.3 is 50.8 Å². The molecule has 4 heterocycles. The van der Waals surface area contributed by atoms with Crippen LogP contribution in [-0.4, -0.2) is 121 Å². The number of aliphatic hydroxyl groups excluding tert-OH is 5. The van der Waals surface area contributed by atoms with Gasteiger partial charge in [0, 0.05) is 19.5 Å². The summed E-state index contributed by atoms with van der Waals surface area (Å²) < 4.78 is 16.9. The van der Waals surface area contributed by atoms with Crippen molar-refractivity contribution in [1.29, 1.82) is 0 Å². The van der Waals surface area contributed by atoms with Crippen LogP contribution in [0, 0.1) is 0 Å². The summed E-state index contributed by atoms with van der Waals surface area (Å²) in [5.74, 6) is -0.356. The number of nitrogen functional groups attached to an aromatic ring is 1. The van der Waals surface area contributed by atoms with Crippen LogP contribution in [0.2, 0.25) is 0 Å². The molecule has 17 nitrogen and oxygen atoms in total. The van der Waals surface area contributed by atoms with Crippen LogP contribution in [0.1, 0.15) is 13.2 Å². The van der Waals surface area contributed by atoms with E-state index in [0.29, 0.717) is 0 Å². The summed E-state index contributed by atoms with van der Waals surface area (Å²) in [6, 6.07) is 0.691. The zero-order chi connectivity index (χ0) is 28.4. The molecule has 0 radical (unpaired) electrons. The first-order valence-electron chi connectivity index (χ1n) is 11.4. The minimum atomic E-state index is -1.61. The van der Waals surface area contributed by atoms with Gasteiger partial charge in [-0.2, -0.15) is 4.98 Å². The lowest BCUT2D eigenvalue weighted by Crippen LogP contribution is -2.65. The lowest BCUT2D eigenvalue weighted by molar-refractivity contribution is -0.121. The molecule has 1 aromatic heterocycles. The molecule has 9 atom stereocenters. The number of nitrogens with zero attached hydrogens (tertiary/aromatic N) is 3. The van der Waals surface area contributed by atoms with Gasteiger partial charge in [0.15, 0.2) is 23.9 Å². The van der Waals surface area contributed by atoms with Crippen LogP contribution in [-0.2, 0) is 19.0 Å². The normalized spacial score (nSPS) is 36.5. The summed E-state index contributed by atoms with van der Waals surface area (Å²) in [4.78, 5) is 39.5. The predicted molar refractivity (Wildman–Crippen MR) is 126 cm³/mol. The number of rotatable bonds is 6. The van der Waals surface area contributed by atoms with Crippen molar-refractivity contribution >= 4 is 17.6 Å². The van der Waals surface area contributed by atoms with Gasteiger partial charge in [0.2, 0.25) is 0 Å². The van der Waals surface area contributed by atoms with E-state index in [9.17, 15) is 29.7 Å². The molecule has 3 aliphatic rings. The quantitative estimate of drug-likeness (QED) is 0.167. The number of ketones is 1. The third kappa shape index (κ3) is 5.70. The van der Waals surface area contributed by atoms with Crippen LogP contribution in [0.15, 0.2) is 29.3 Å². The second-order valence-corrected chi connectivity index (χ2v) is 8.79.